The van der Waals surface area contributed by atoms with Gasteiger partial charge in [0.1, 0.15) is 5.82 Å². The number of benzene rings is 1. The fourth-order valence-electron chi connectivity index (χ4n) is 2.70. The molecule has 1 aliphatic rings. The first-order valence-corrected chi connectivity index (χ1v) is 7.59. The topological polar surface area (TPSA) is 103 Å². The second-order valence-corrected chi connectivity index (χ2v) is 5.48. The van der Waals surface area contributed by atoms with Crippen LogP contribution in [0.15, 0.2) is 24.3 Å². The Balaban J connectivity index is 1.69. The van der Waals surface area contributed by atoms with Gasteiger partial charge in [0, 0.05) is 30.7 Å². The van der Waals surface area contributed by atoms with E-state index in [-0.39, 0.29) is 23.7 Å². The van der Waals surface area contributed by atoms with Crippen LogP contribution in [0.2, 0.25) is 0 Å². The predicted octanol–water partition coefficient (Wildman–Crippen LogP) is 1.84. The van der Waals surface area contributed by atoms with Crippen LogP contribution >= 0.6 is 0 Å². The van der Waals surface area contributed by atoms with E-state index in [0.717, 1.165) is 37.5 Å². The molecule has 1 aromatic carbocycles. The van der Waals surface area contributed by atoms with Crippen molar-refractivity contribution >= 4 is 11.6 Å². The zero-order valence-electron chi connectivity index (χ0n) is 12.6. The Morgan fingerprint density at radius 2 is 2.17 bits per heavy atom. The van der Waals surface area contributed by atoms with E-state index < -0.39 is 4.92 Å². The van der Waals surface area contributed by atoms with Crippen LogP contribution in [0.4, 0.5) is 5.69 Å². The highest BCUT2D eigenvalue weighted by atomic mass is 16.6. The highest BCUT2D eigenvalue weighted by Crippen LogP contribution is 2.15. The summed E-state index contributed by atoms with van der Waals surface area (Å²) >= 11 is 0. The summed E-state index contributed by atoms with van der Waals surface area (Å²) in [5, 5.41) is 21.8. The molecule has 1 aliphatic heterocycles. The van der Waals surface area contributed by atoms with Crippen molar-refractivity contribution < 1.29 is 9.72 Å². The molecule has 0 atom stereocenters. The number of hydrogen-bond acceptors (Lipinski definition) is 5. The molecular weight excluding hydrogens is 298 g/mol. The molecule has 23 heavy (non-hydrogen) atoms. The minimum absolute atomic E-state index is 0.103. The van der Waals surface area contributed by atoms with Gasteiger partial charge in [-0.15, -0.1) is 10.2 Å². The molecule has 2 aromatic rings. The number of nitrogens with zero attached hydrogens (tertiary/aromatic N) is 4. The number of carbonyl (C=O) groups excluding carboxylic acids is 1. The van der Waals surface area contributed by atoms with Gasteiger partial charge < -0.3 is 9.88 Å². The van der Waals surface area contributed by atoms with Crippen molar-refractivity contribution in [2.24, 2.45) is 0 Å². The maximum atomic E-state index is 12.2. The molecule has 1 aromatic heterocycles. The Kier molecular flexibility index (Phi) is 4.31. The molecule has 0 unspecified atom stereocenters. The quantitative estimate of drug-likeness (QED) is 0.685. The van der Waals surface area contributed by atoms with Gasteiger partial charge in [0.25, 0.3) is 11.6 Å². The van der Waals surface area contributed by atoms with Gasteiger partial charge in [-0.1, -0.05) is 12.5 Å². The largest absolute Gasteiger partial charge is 0.345 e. The molecule has 1 amide bonds. The molecule has 0 fully saturated rings. The van der Waals surface area contributed by atoms with Crippen LogP contribution in [-0.2, 0) is 19.5 Å². The van der Waals surface area contributed by atoms with Gasteiger partial charge in [0.05, 0.1) is 11.5 Å². The van der Waals surface area contributed by atoms with Crippen LogP contribution in [0.3, 0.4) is 0 Å². The van der Waals surface area contributed by atoms with E-state index in [1.807, 2.05) is 0 Å². The van der Waals surface area contributed by atoms with E-state index in [2.05, 4.69) is 20.1 Å². The second kappa shape index (κ2) is 6.55. The van der Waals surface area contributed by atoms with Crippen LogP contribution in [0.25, 0.3) is 0 Å². The highest BCUT2D eigenvalue weighted by molar-refractivity contribution is 5.94. The van der Waals surface area contributed by atoms with Crippen molar-refractivity contribution in [3.63, 3.8) is 0 Å². The summed E-state index contributed by atoms with van der Waals surface area (Å²) in [7, 11) is 0. The van der Waals surface area contributed by atoms with Crippen molar-refractivity contribution in [3.05, 3.63) is 51.6 Å². The summed E-state index contributed by atoms with van der Waals surface area (Å²) in [5.41, 5.74) is 0.156. The SMILES string of the molecule is O=C(NCc1nnc2n1CCCCC2)c1cccc([N+](=O)[O-])c1. The third kappa shape index (κ3) is 3.36. The minimum Gasteiger partial charge on any atom is -0.345 e. The molecule has 0 bridgehead atoms. The van der Waals surface area contributed by atoms with E-state index in [0.29, 0.717) is 0 Å². The lowest BCUT2D eigenvalue weighted by atomic mass is 10.2. The van der Waals surface area contributed by atoms with E-state index in [1.54, 1.807) is 6.07 Å². The second-order valence-electron chi connectivity index (χ2n) is 5.48. The van der Waals surface area contributed by atoms with Crippen molar-refractivity contribution in [1.82, 2.24) is 20.1 Å². The Hall–Kier alpha value is -2.77. The molecule has 0 spiro atoms. The number of amides is 1. The fraction of sp³-hybridized carbons (Fsp3) is 0.400. The van der Waals surface area contributed by atoms with Gasteiger partial charge in [-0.05, 0) is 18.9 Å². The zero-order valence-corrected chi connectivity index (χ0v) is 12.6. The number of nitrogens with one attached hydrogen (secondary N) is 1. The highest BCUT2D eigenvalue weighted by Gasteiger charge is 2.16. The molecular formula is C15H17N5O3. The number of nitro benzene ring substituents is 1. The third-order valence-electron chi connectivity index (χ3n) is 3.91. The smallest absolute Gasteiger partial charge is 0.270 e. The first-order chi connectivity index (χ1) is 11.1. The van der Waals surface area contributed by atoms with Crippen LogP contribution in [-0.4, -0.2) is 25.6 Å². The number of aromatic nitrogens is 3. The first-order valence-electron chi connectivity index (χ1n) is 7.59. The van der Waals surface area contributed by atoms with Crippen molar-refractivity contribution in [1.29, 1.82) is 0 Å². The lowest BCUT2D eigenvalue weighted by Gasteiger charge is -2.08. The maximum Gasteiger partial charge on any atom is 0.270 e. The predicted molar refractivity (Wildman–Crippen MR) is 81.8 cm³/mol. The molecule has 8 nitrogen and oxygen atoms in total. The Morgan fingerprint density at radius 3 is 3.00 bits per heavy atom. The van der Waals surface area contributed by atoms with Gasteiger partial charge in [0.15, 0.2) is 5.82 Å². The number of carbonyl (C=O) groups is 1. The number of rotatable bonds is 4. The van der Waals surface area contributed by atoms with E-state index in [1.165, 1.54) is 24.6 Å². The van der Waals surface area contributed by atoms with E-state index >= 15 is 0 Å². The van der Waals surface area contributed by atoms with Crippen LogP contribution < -0.4 is 5.32 Å². The van der Waals surface area contributed by atoms with Crippen LogP contribution in [0.1, 0.15) is 41.3 Å². The average molecular weight is 315 g/mol. The first kappa shape index (κ1) is 15.1. The van der Waals surface area contributed by atoms with Gasteiger partial charge >= 0.3 is 0 Å². The number of non-ortho nitro benzene ring substituents is 1. The van der Waals surface area contributed by atoms with Gasteiger partial charge in [-0.25, -0.2) is 0 Å². The van der Waals surface area contributed by atoms with Crippen LogP contribution in [0.5, 0.6) is 0 Å². The van der Waals surface area contributed by atoms with Gasteiger partial charge in [-0.2, -0.15) is 0 Å². The molecule has 0 saturated carbocycles. The Labute approximate surface area is 132 Å². The van der Waals surface area contributed by atoms with Crippen molar-refractivity contribution in [3.8, 4) is 0 Å². The third-order valence-corrected chi connectivity index (χ3v) is 3.91. The molecule has 120 valence electrons. The average Bonchev–Trinajstić information content (AvgIpc) is 2.79. The molecule has 1 N–H and O–H groups in total. The molecule has 0 saturated heterocycles. The number of fused-ring (bicyclic) bond motifs is 1. The summed E-state index contributed by atoms with van der Waals surface area (Å²) in [4.78, 5) is 22.4. The molecule has 2 heterocycles. The van der Waals surface area contributed by atoms with Crippen molar-refractivity contribution in [2.45, 2.75) is 38.8 Å². The normalized spacial score (nSPS) is 13.9. The van der Waals surface area contributed by atoms with E-state index in [4.69, 9.17) is 0 Å². The summed E-state index contributed by atoms with van der Waals surface area (Å²) in [5.74, 6) is 1.32. The summed E-state index contributed by atoms with van der Waals surface area (Å²) in [6, 6.07) is 5.66. The molecule has 3 rings (SSSR count). The van der Waals surface area contributed by atoms with Crippen LogP contribution in [0, 0.1) is 10.1 Å². The number of aryl methyl sites for hydroxylation is 1. The summed E-state index contributed by atoms with van der Waals surface area (Å²) in [6.07, 6.45) is 4.27. The molecule has 0 aliphatic carbocycles. The lowest BCUT2D eigenvalue weighted by molar-refractivity contribution is -0.384. The summed E-state index contributed by atoms with van der Waals surface area (Å²) < 4.78 is 2.06. The fourth-order valence-corrected chi connectivity index (χ4v) is 2.70. The minimum atomic E-state index is -0.519. The maximum absolute atomic E-state index is 12.2. The molecule has 8 heteroatoms. The zero-order chi connectivity index (χ0) is 16.2. The molecule has 0 radical (unpaired) electrons. The monoisotopic (exact) mass is 315 g/mol. The Bertz CT molecular complexity index is 740. The van der Waals surface area contributed by atoms with Gasteiger partial charge in [-0.3, -0.25) is 14.9 Å². The van der Waals surface area contributed by atoms with E-state index in [9.17, 15) is 14.9 Å². The van der Waals surface area contributed by atoms with Crippen molar-refractivity contribution in [2.75, 3.05) is 0 Å². The van der Waals surface area contributed by atoms with Gasteiger partial charge in [0.2, 0.25) is 0 Å². The lowest BCUT2D eigenvalue weighted by Crippen LogP contribution is -2.25. The standard InChI is InChI=1S/C15H17N5O3/c21-15(11-5-4-6-12(9-11)20(22)23)16-10-14-18-17-13-7-2-1-3-8-19(13)14/h4-6,9H,1-3,7-8,10H2,(H,16,21). The Morgan fingerprint density at radius 1 is 1.30 bits per heavy atom. The number of nitro groups is 1. The summed E-state index contributed by atoms with van der Waals surface area (Å²) in [6.45, 7) is 1.12. The number of hydrogen-bond donors (Lipinski definition) is 1.